The summed E-state index contributed by atoms with van der Waals surface area (Å²) in [6.07, 6.45) is 5.26. The Labute approximate surface area is 147 Å². The minimum Gasteiger partial charge on any atom is -0.292 e. The van der Waals surface area contributed by atoms with E-state index >= 15 is 0 Å². The first-order valence-corrected chi connectivity index (χ1v) is 8.64. The van der Waals surface area contributed by atoms with Crippen molar-refractivity contribution in [2.75, 3.05) is 13.1 Å². The average molecular weight is 333 g/mol. The minimum atomic E-state index is -0.155. The van der Waals surface area contributed by atoms with Gasteiger partial charge in [-0.25, -0.2) is 14.4 Å². The highest BCUT2D eigenvalue weighted by molar-refractivity contribution is 5.33. The lowest BCUT2D eigenvalue weighted by molar-refractivity contribution is 0.232. The molecule has 3 aromatic rings. The standard InChI is InChI=1S/C21H20FN3/c22-19-9-5-4-8-18(19)21(16-6-2-1-3-7-16)25-12-10-17-14-23-15-24-20(17)11-13-25/h1-9,14-15,21H,10-13H2. The Morgan fingerprint density at radius 1 is 0.920 bits per heavy atom. The number of benzene rings is 2. The van der Waals surface area contributed by atoms with E-state index in [9.17, 15) is 4.39 Å². The molecular weight excluding hydrogens is 313 g/mol. The van der Waals surface area contributed by atoms with E-state index in [2.05, 4.69) is 27.0 Å². The van der Waals surface area contributed by atoms with E-state index in [1.54, 1.807) is 18.5 Å². The molecular formula is C21H20FN3. The van der Waals surface area contributed by atoms with E-state index in [0.717, 1.165) is 42.8 Å². The van der Waals surface area contributed by atoms with Crippen molar-refractivity contribution >= 4 is 0 Å². The highest BCUT2D eigenvalue weighted by Crippen LogP contribution is 2.31. The Hall–Kier alpha value is -2.59. The molecule has 4 rings (SSSR count). The summed E-state index contributed by atoms with van der Waals surface area (Å²) in [6, 6.07) is 17.2. The molecule has 0 bridgehead atoms. The number of rotatable bonds is 3. The lowest BCUT2D eigenvalue weighted by Gasteiger charge is -2.31. The Morgan fingerprint density at radius 2 is 1.68 bits per heavy atom. The molecule has 0 saturated carbocycles. The Morgan fingerprint density at radius 3 is 2.52 bits per heavy atom. The van der Waals surface area contributed by atoms with Crippen molar-refractivity contribution in [1.29, 1.82) is 0 Å². The van der Waals surface area contributed by atoms with Gasteiger partial charge >= 0.3 is 0 Å². The zero-order valence-corrected chi connectivity index (χ0v) is 14.0. The van der Waals surface area contributed by atoms with Crippen LogP contribution >= 0.6 is 0 Å². The summed E-state index contributed by atoms with van der Waals surface area (Å²) in [4.78, 5) is 10.9. The molecule has 2 heterocycles. The molecule has 1 atom stereocenters. The summed E-state index contributed by atoms with van der Waals surface area (Å²) in [5.41, 5.74) is 4.15. The van der Waals surface area contributed by atoms with Crippen LogP contribution in [0.25, 0.3) is 0 Å². The van der Waals surface area contributed by atoms with Gasteiger partial charge in [0.1, 0.15) is 12.1 Å². The average Bonchev–Trinajstić information content (AvgIpc) is 2.88. The van der Waals surface area contributed by atoms with Crippen molar-refractivity contribution in [3.63, 3.8) is 0 Å². The number of fused-ring (bicyclic) bond motifs is 1. The first kappa shape index (κ1) is 15.9. The van der Waals surface area contributed by atoms with Crippen LogP contribution in [0.3, 0.4) is 0 Å². The summed E-state index contributed by atoms with van der Waals surface area (Å²) < 4.78 is 14.6. The molecule has 0 N–H and O–H groups in total. The van der Waals surface area contributed by atoms with Gasteiger partial charge in [0.2, 0.25) is 0 Å². The third kappa shape index (κ3) is 3.30. The molecule has 0 fully saturated rings. The molecule has 0 aliphatic carbocycles. The van der Waals surface area contributed by atoms with E-state index in [0.29, 0.717) is 0 Å². The third-order valence-corrected chi connectivity index (χ3v) is 4.87. The smallest absolute Gasteiger partial charge is 0.128 e. The summed E-state index contributed by atoms with van der Waals surface area (Å²) in [7, 11) is 0. The lowest BCUT2D eigenvalue weighted by atomic mass is 9.96. The molecule has 0 radical (unpaired) electrons. The first-order valence-electron chi connectivity index (χ1n) is 8.64. The molecule has 0 saturated heterocycles. The fourth-order valence-electron chi connectivity index (χ4n) is 3.62. The van der Waals surface area contributed by atoms with Gasteiger partial charge in [-0.2, -0.15) is 0 Å². The van der Waals surface area contributed by atoms with Crippen LogP contribution in [0.15, 0.2) is 67.1 Å². The van der Waals surface area contributed by atoms with Gasteiger partial charge < -0.3 is 0 Å². The van der Waals surface area contributed by atoms with Crippen LogP contribution in [-0.4, -0.2) is 28.0 Å². The molecule has 0 spiro atoms. The van der Waals surface area contributed by atoms with Crippen molar-refractivity contribution in [2.45, 2.75) is 18.9 Å². The number of aromatic nitrogens is 2. The van der Waals surface area contributed by atoms with Crippen LogP contribution in [0, 0.1) is 5.82 Å². The van der Waals surface area contributed by atoms with Gasteiger partial charge in [-0.3, -0.25) is 4.90 Å². The Kier molecular flexibility index (Phi) is 4.53. The van der Waals surface area contributed by atoms with Gasteiger partial charge in [-0.05, 0) is 23.6 Å². The van der Waals surface area contributed by atoms with Gasteiger partial charge in [0.25, 0.3) is 0 Å². The van der Waals surface area contributed by atoms with Gasteiger partial charge in [0.15, 0.2) is 0 Å². The quantitative estimate of drug-likeness (QED) is 0.730. The zero-order valence-electron chi connectivity index (χ0n) is 14.0. The molecule has 1 aromatic heterocycles. The molecule has 3 nitrogen and oxygen atoms in total. The topological polar surface area (TPSA) is 29.0 Å². The number of hydrogen-bond donors (Lipinski definition) is 0. The molecule has 1 unspecified atom stereocenters. The van der Waals surface area contributed by atoms with Crippen molar-refractivity contribution in [3.05, 3.63) is 95.3 Å². The highest BCUT2D eigenvalue weighted by Gasteiger charge is 2.26. The molecule has 1 aliphatic rings. The van der Waals surface area contributed by atoms with E-state index in [1.165, 1.54) is 5.56 Å². The lowest BCUT2D eigenvalue weighted by Crippen LogP contribution is -2.32. The molecule has 0 amide bonds. The predicted octanol–water partition coefficient (Wildman–Crippen LogP) is 3.81. The van der Waals surface area contributed by atoms with Crippen LogP contribution in [0.5, 0.6) is 0 Å². The first-order chi connectivity index (χ1) is 12.3. The van der Waals surface area contributed by atoms with Crippen LogP contribution in [0.1, 0.15) is 28.4 Å². The van der Waals surface area contributed by atoms with Crippen molar-refractivity contribution in [3.8, 4) is 0 Å². The molecule has 1 aliphatic heterocycles. The van der Waals surface area contributed by atoms with Gasteiger partial charge in [0, 0.05) is 37.0 Å². The highest BCUT2D eigenvalue weighted by atomic mass is 19.1. The summed E-state index contributed by atoms with van der Waals surface area (Å²) in [6.45, 7) is 1.70. The number of hydrogen-bond acceptors (Lipinski definition) is 3. The predicted molar refractivity (Wildman–Crippen MR) is 95.7 cm³/mol. The third-order valence-electron chi connectivity index (χ3n) is 4.87. The number of nitrogens with zero attached hydrogens (tertiary/aromatic N) is 3. The second kappa shape index (κ2) is 7.11. The minimum absolute atomic E-state index is 0.0929. The second-order valence-corrected chi connectivity index (χ2v) is 6.37. The normalized spacial score (nSPS) is 16.0. The van der Waals surface area contributed by atoms with Gasteiger partial charge in [-0.15, -0.1) is 0 Å². The molecule has 4 heteroatoms. The van der Waals surface area contributed by atoms with E-state index < -0.39 is 0 Å². The van der Waals surface area contributed by atoms with Crippen molar-refractivity contribution in [2.24, 2.45) is 0 Å². The molecule has 25 heavy (non-hydrogen) atoms. The maximum atomic E-state index is 14.6. The Balaban J connectivity index is 1.71. The molecule has 126 valence electrons. The van der Waals surface area contributed by atoms with Crippen LogP contribution in [0.2, 0.25) is 0 Å². The van der Waals surface area contributed by atoms with Crippen molar-refractivity contribution < 1.29 is 4.39 Å². The monoisotopic (exact) mass is 333 g/mol. The maximum Gasteiger partial charge on any atom is 0.128 e. The van der Waals surface area contributed by atoms with Crippen LogP contribution in [-0.2, 0) is 12.8 Å². The Bertz CT molecular complexity index is 824. The second-order valence-electron chi connectivity index (χ2n) is 6.37. The van der Waals surface area contributed by atoms with Crippen LogP contribution < -0.4 is 0 Å². The summed E-state index contributed by atoms with van der Waals surface area (Å²) in [5.74, 6) is -0.155. The zero-order chi connectivity index (χ0) is 17.1. The maximum absolute atomic E-state index is 14.6. The SMILES string of the molecule is Fc1ccccc1C(c1ccccc1)N1CCc2cncnc2CC1. The fourth-order valence-corrected chi connectivity index (χ4v) is 3.62. The van der Waals surface area contributed by atoms with E-state index in [-0.39, 0.29) is 11.9 Å². The van der Waals surface area contributed by atoms with Gasteiger partial charge in [-0.1, -0.05) is 48.5 Å². The fraction of sp³-hybridized carbons (Fsp3) is 0.238. The summed E-state index contributed by atoms with van der Waals surface area (Å²) >= 11 is 0. The molecule has 2 aromatic carbocycles. The van der Waals surface area contributed by atoms with E-state index in [4.69, 9.17) is 0 Å². The van der Waals surface area contributed by atoms with Gasteiger partial charge in [0.05, 0.1) is 6.04 Å². The number of halogens is 1. The van der Waals surface area contributed by atoms with Crippen molar-refractivity contribution in [1.82, 2.24) is 14.9 Å². The largest absolute Gasteiger partial charge is 0.292 e. The van der Waals surface area contributed by atoms with Crippen LogP contribution in [0.4, 0.5) is 4.39 Å². The summed E-state index contributed by atoms with van der Waals surface area (Å²) in [5, 5.41) is 0. The van der Waals surface area contributed by atoms with E-state index in [1.807, 2.05) is 36.5 Å².